The molecule has 1 aliphatic heterocycles. The SMILES string of the molecule is CCOc1ccc2nc(SCCN3CCOCC3=O)[nH]c2c1. The molecule has 0 saturated carbocycles. The van der Waals surface area contributed by atoms with Gasteiger partial charge in [-0.2, -0.15) is 0 Å². The van der Waals surface area contributed by atoms with Gasteiger partial charge in [-0.05, 0) is 19.1 Å². The number of nitrogens with one attached hydrogen (secondary N) is 1. The predicted molar refractivity (Wildman–Crippen MR) is 85.4 cm³/mol. The molecule has 2 aromatic rings. The van der Waals surface area contributed by atoms with Crippen LogP contribution in [0.1, 0.15) is 6.92 Å². The number of aromatic nitrogens is 2. The third kappa shape index (κ3) is 3.53. The molecule has 1 N–H and O–H groups in total. The van der Waals surface area contributed by atoms with Crippen LogP contribution in [0.15, 0.2) is 23.4 Å². The van der Waals surface area contributed by atoms with Crippen molar-refractivity contribution < 1.29 is 14.3 Å². The molecule has 0 bridgehead atoms. The summed E-state index contributed by atoms with van der Waals surface area (Å²) < 4.78 is 10.6. The number of morpholine rings is 1. The van der Waals surface area contributed by atoms with Crippen molar-refractivity contribution in [2.75, 3.05) is 38.7 Å². The van der Waals surface area contributed by atoms with E-state index in [0.29, 0.717) is 26.3 Å². The number of rotatable bonds is 6. The van der Waals surface area contributed by atoms with Crippen LogP contribution in [0.25, 0.3) is 11.0 Å². The Morgan fingerprint density at radius 2 is 2.41 bits per heavy atom. The maximum Gasteiger partial charge on any atom is 0.248 e. The van der Waals surface area contributed by atoms with Gasteiger partial charge in [0.2, 0.25) is 5.91 Å². The molecule has 22 heavy (non-hydrogen) atoms. The van der Waals surface area contributed by atoms with Gasteiger partial charge in [0, 0.05) is 24.9 Å². The molecule has 6 nitrogen and oxygen atoms in total. The highest BCUT2D eigenvalue weighted by Crippen LogP contribution is 2.23. The van der Waals surface area contributed by atoms with E-state index in [-0.39, 0.29) is 12.5 Å². The van der Waals surface area contributed by atoms with Crippen molar-refractivity contribution in [1.29, 1.82) is 0 Å². The van der Waals surface area contributed by atoms with Crippen molar-refractivity contribution in [2.24, 2.45) is 0 Å². The Morgan fingerprint density at radius 1 is 1.50 bits per heavy atom. The predicted octanol–water partition coefficient (Wildman–Crippen LogP) is 1.91. The topological polar surface area (TPSA) is 67.5 Å². The van der Waals surface area contributed by atoms with Crippen LogP contribution in [0, 0.1) is 0 Å². The van der Waals surface area contributed by atoms with Crippen LogP contribution in [-0.2, 0) is 9.53 Å². The van der Waals surface area contributed by atoms with Crippen molar-refractivity contribution >= 4 is 28.7 Å². The number of amides is 1. The van der Waals surface area contributed by atoms with E-state index in [4.69, 9.17) is 9.47 Å². The average Bonchev–Trinajstić information content (AvgIpc) is 2.91. The van der Waals surface area contributed by atoms with Crippen LogP contribution in [0.2, 0.25) is 0 Å². The summed E-state index contributed by atoms with van der Waals surface area (Å²) in [7, 11) is 0. The van der Waals surface area contributed by atoms with Gasteiger partial charge in [-0.25, -0.2) is 4.98 Å². The monoisotopic (exact) mass is 321 g/mol. The van der Waals surface area contributed by atoms with Gasteiger partial charge in [-0.3, -0.25) is 4.79 Å². The summed E-state index contributed by atoms with van der Waals surface area (Å²) in [5.41, 5.74) is 1.89. The zero-order valence-corrected chi connectivity index (χ0v) is 13.3. The summed E-state index contributed by atoms with van der Waals surface area (Å²) in [4.78, 5) is 21.3. The Bertz CT molecular complexity index is 659. The first-order valence-electron chi connectivity index (χ1n) is 7.37. The van der Waals surface area contributed by atoms with Crippen molar-refractivity contribution in [3.05, 3.63) is 18.2 Å². The number of carbonyl (C=O) groups excluding carboxylic acids is 1. The van der Waals surface area contributed by atoms with E-state index in [1.807, 2.05) is 30.0 Å². The van der Waals surface area contributed by atoms with Crippen molar-refractivity contribution in [3.8, 4) is 5.75 Å². The summed E-state index contributed by atoms with van der Waals surface area (Å²) >= 11 is 1.62. The van der Waals surface area contributed by atoms with Gasteiger partial charge in [0.25, 0.3) is 0 Å². The molecule has 1 fully saturated rings. The highest BCUT2D eigenvalue weighted by molar-refractivity contribution is 7.99. The molecule has 0 spiro atoms. The Hall–Kier alpha value is -1.73. The summed E-state index contributed by atoms with van der Waals surface area (Å²) in [5, 5.41) is 0.865. The summed E-state index contributed by atoms with van der Waals surface area (Å²) in [6.07, 6.45) is 0. The smallest absolute Gasteiger partial charge is 0.248 e. The van der Waals surface area contributed by atoms with Gasteiger partial charge in [-0.15, -0.1) is 0 Å². The van der Waals surface area contributed by atoms with Crippen molar-refractivity contribution in [3.63, 3.8) is 0 Å². The fraction of sp³-hybridized carbons (Fsp3) is 0.467. The van der Waals surface area contributed by atoms with Crippen molar-refractivity contribution in [1.82, 2.24) is 14.9 Å². The number of fused-ring (bicyclic) bond motifs is 1. The number of hydrogen-bond acceptors (Lipinski definition) is 5. The molecule has 0 atom stereocenters. The van der Waals surface area contributed by atoms with E-state index >= 15 is 0 Å². The number of H-pyrrole nitrogens is 1. The standard InChI is InChI=1S/C15H19N3O3S/c1-2-21-11-3-4-12-13(9-11)17-15(16-12)22-8-6-18-5-7-20-10-14(18)19/h3-4,9H,2,5-8,10H2,1H3,(H,16,17). The number of aromatic amines is 1. The van der Waals surface area contributed by atoms with E-state index in [0.717, 1.165) is 27.7 Å². The third-order valence-corrected chi connectivity index (χ3v) is 4.28. The molecule has 7 heteroatoms. The highest BCUT2D eigenvalue weighted by atomic mass is 32.2. The van der Waals surface area contributed by atoms with Crippen LogP contribution in [-0.4, -0.2) is 59.4 Å². The number of thioether (sulfide) groups is 1. The molecule has 1 aromatic carbocycles. The first-order valence-corrected chi connectivity index (χ1v) is 8.35. The first-order chi connectivity index (χ1) is 10.8. The fourth-order valence-electron chi connectivity index (χ4n) is 2.33. The first kappa shape index (κ1) is 15.2. The minimum atomic E-state index is 0.0674. The maximum atomic E-state index is 11.6. The lowest BCUT2D eigenvalue weighted by molar-refractivity contribution is -0.142. The number of benzene rings is 1. The third-order valence-electron chi connectivity index (χ3n) is 3.43. The molecule has 1 amide bonds. The Balaban J connectivity index is 1.58. The van der Waals surface area contributed by atoms with Gasteiger partial charge < -0.3 is 19.4 Å². The molecular weight excluding hydrogens is 302 g/mol. The second-order valence-corrected chi connectivity index (χ2v) is 6.02. The van der Waals surface area contributed by atoms with Crippen LogP contribution < -0.4 is 4.74 Å². The lowest BCUT2D eigenvalue weighted by atomic mass is 10.3. The second-order valence-electron chi connectivity index (χ2n) is 4.94. The molecule has 1 aromatic heterocycles. The minimum Gasteiger partial charge on any atom is -0.494 e. The number of carbonyl (C=O) groups is 1. The average molecular weight is 321 g/mol. The van der Waals surface area contributed by atoms with Gasteiger partial charge in [0.1, 0.15) is 12.4 Å². The lowest BCUT2D eigenvalue weighted by Crippen LogP contribution is -2.42. The summed E-state index contributed by atoms with van der Waals surface area (Å²) in [5.74, 6) is 1.72. The van der Waals surface area contributed by atoms with Gasteiger partial charge >= 0.3 is 0 Å². The molecule has 3 rings (SSSR count). The van der Waals surface area contributed by atoms with E-state index < -0.39 is 0 Å². The highest BCUT2D eigenvalue weighted by Gasteiger charge is 2.18. The molecular formula is C15H19N3O3S. The molecule has 0 radical (unpaired) electrons. The number of hydrogen-bond donors (Lipinski definition) is 1. The van der Waals surface area contributed by atoms with Gasteiger partial charge in [0.15, 0.2) is 5.16 Å². The Kier molecular flexibility index (Phi) is 4.84. The van der Waals surface area contributed by atoms with Crippen molar-refractivity contribution in [2.45, 2.75) is 12.1 Å². The van der Waals surface area contributed by atoms with Crippen LogP contribution in [0.4, 0.5) is 0 Å². The van der Waals surface area contributed by atoms with E-state index in [1.54, 1.807) is 11.8 Å². The van der Waals surface area contributed by atoms with Gasteiger partial charge in [0.05, 0.1) is 24.2 Å². The van der Waals surface area contributed by atoms with Crippen LogP contribution >= 0.6 is 11.8 Å². The Labute approximate surface area is 133 Å². The molecule has 1 saturated heterocycles. The maximum absolute atomic E-state index is 11.6. The van der Waals surface area contributed by atoms with Gasteiger partial charge in [-0.1, -0.05) is 11.8 Å². The fourth-order valence-corrected chi connectivity index (χ4v) is 3.18. The number of ether oxygens (including phenoxy) is 2. The zero-order chi connectivity index (χ0) is 15.4. The molecule has 0 aliphatic carbocycles. The van der Waals surface area contributed by atoms with Crippen LogP contribution in [0.3, 0.4) is 0 Å². The second kappa shape index (κ2) is 7.02. The largest absolute Gasteiger partial charge is 0.494 e. The molecule has 1 aliphatic rings. The minimum absolute atomic E-state index is 0.0674. The van der Waals surface area contributed by atoms with E-state index in [9.17, 15) is 4.79 Å². The molecule has 118 valence electrons. The number of imidazole rings is 1. The quantitative estimate of drug-likeness (QED) is 0.823. The van der Waals surface area contributed by atoms with Crippen LogP contribution in [0.5, 0.6) is 5.75 Å². The Morgan fingerprint density at radius 3 is 3.23 bits per heavy atom. The van der Waals surface area contributed by atoms with E-state index in [1.165, 1.54) is 0 Å². The summed E-state index contributed by atoms with van der Waals surface area (Å²) in [6.45, 7) is 4.84. The van der Waals surface area contributed by atoms with E-state index in [2.05, 4.69) is 9.97 Å². The summed E-state index contributed by atoms with van der Waals surface area (Å²) in [6, 6.07) is 5.83. The zero-order valence-electron chi connectivity index (χ0n) is 12.5. The molecule has 0 unspecified atom stereocenters. The molecule has 2 heterocycles. The normalized spacial score (nSPS) is 15.5. The number of nitrogens with zero attached hydrogens (tertiary/aromatic N) is 2. The lowest BCUT2D eigenvalue weighted by Gasteiger charge is -2.26.